The third-order valence-electron chi connectivity index (χ3n) is 8.01. The average molecular weight is 589 g/mol. The van der Waals surface area contributed by atoms with E-state index in [4.69, 9.17) is 23.5 Å². The molecule has 0 aliphatic carbocycles. The first-order chi connectivity index (χ1) is 19.6. The summed E-state index contributed by atoms with van der Waals surface area (Å²) in [6.07, 6.45) is 6.34. The van der Waals surface area contributed by atoms with Crippen LogP contribution in [-0.2, 0) is 30.1 Å². The molecule has 2 unspecified atom stereocenters. The molecule has 1 aromatic heterocycles. The first kappa shape index (κ1) is 31.5. The molecule has 41 heavy (non-hydrogen) atoms. The summed E-state index contributed by atoms with van der Waals surface area (Å²) in [4.78, 5) is 16.6. The van der Waals surface area contributed by atoms with Crippen LogP contribution < -0.4 is 4.90 Å². The van der Waals surface area contributed by atoms with Gasteiger partial charge in [-0.2, -0.15) is 0 Å². The van der Waals surface area contributed by atoms with E-state index < -0.39 is 8.32 Å². The fourth-order valence-electron chi connectivity index (χ4n) is 4.31. The summed E-state index contributed by atoms with van der Waals surface area (Å²) in [6, 6.07) is 5.38. The van der Waals surface area contributed by atoms with Crippen LogP contribution in [0.1, 0.15) is 45.6 Å². The van der Waals surface area contributed by atoms with E-state index in [1.54, 1.807) is 31.6 Å². The van der Waals surface area contributed by atoms with Gasteiger partial charge in [0, 0.05) is 48.7 Å². The topological polar surface area (TPSA) is 87.5 Å². The second-order valence-corrected chi connectivity index (χ2v) is 17.2. The minimum absolute atomic E-state index is 0.0592. The van der Waals surface area contributed by atoms with Crippen molar-refractivity contribution in [1.29, 1.82) is 0 Å². The average Bonchev–Trinajstić information content (AvgIpc) is 2.92. The lowest BCUT2D eigenvalue weighted by Gasteiger charge is -2.36. The number of oxime groups is 1. The summed E-state index contributed by atoms with van der Waals surface area (Å²) in [5, 5.41) is 4.34. The van der Waals surface area contributed by atoms with Gasteiger partial charge in [0.05, 0.1) is 38.6 Å². The smallest absolute Gasteiger partial charge is 0.225 e. The number of benzene rings is 1. The predicted octanol–water partition coefficient (Wildman–Crippen LogP) is 5.80. The maximum absolute atomic E-state index is 15.4. The predicted molar refractivity (Wildman–Crippen MR) is 160 cm³/mol. The van der Waals surface area contributed by atoms with Gasteiger partial charge in [-0.1, -0.05) is 44.1 Å². The molecule has 0 saturated carbocycles. The number of ether oxygens (including phenoxy) is 3. The van der Waals surface area contributed by atoms with Crippen LogP contribution in [0.15, 0.2) is 35.7 Å². The second-order valence-electron chi connectivity index (χ2n) is 12.4. The van der Waals surface area contributed by atoms with Crippen LogP contribution in [-0.4, -0.2) is 76.9 Å². The molecule has 2 saturated heterocycles. The summed E-state index contributed by atoms with van der Waals surface area (Å²) in [7, 11) is -0.324. The largest absolute Gasteiger partial charge is 0.412 e. The molecule has 0 radical (unpaired) electrons. The summed E-state index contributed by atoms with van der Waals surface area (Å²) in [5.41, 5.74) is 2.55. The lowest BCUT2D eigenvalue weighted by atomic mass is 10.1. The number of rotatable bonds is 13. The van der Waals surface area contributed by atoms with Gasteiger partial charge in [0.15, 0.2) is 14.6 Å². The third-order valence-corrected chi connectivity index (χ3v) is 12.5. The monoisotopic (exact) mass is 588 g/mol. The van der Waals surface area contributed by atoms with E-state index in [0.717, 1.165) is 31.6 Å². The zero-order chi connectivity index (χ0) is 29.5. The van der Waals surface area contributed by atoms with Gasteiger partial charge in [-0.05, 0) is 37.4 Å². The van der Waals surface area contributed by atoms with Crippen molar-refractivity contribution >= 4 is 20.0 Å². The van der Waals surface area contributed by atoms with Gasteiger partial charge in [-0.25, -0.2) is 14.4 Å². The second kappa shape index (κ2) is 14.2. The maximum Gasteiger partial charge on any atom is 0.225 e. The highest BCUT2D eigenvalue weighted by Crippen LogP contribution is 2.37. The van der Waals surface area contributed by atoms with Gasteiger partial charge >= 0.3 is 0 Å². The van der Waals surface area contributed by atoms with E-state index in [1.165, 1.54) is 0 Å². The first-order valence-electron chi connectivity index (χ1n) is 14.5. The van der Waals surface area contributed by atoms with Crippen LogP contribution in [0.4, 0.5) is 10.3 Å². The summed E-state index contributed by atoms with van der Waals surface area (Å²) < 4.78 is 38.5. The lowest BCUT2D eigenvalue weighted by Crippen LogP contribution is -2.48. The molecular formula is C30H45FN4O5Si. The number of halogens is 1. The van der Waals surface area contributed by atoms with Gasteiger partial charge in [0.25, 0.3) is 0 Å². The van der Waals surface area contributed by atoms with E-state index in [1.807, 2.05) is 11.0 Å². The van der Waals surface area contributed by atoms with Crippen LogP contribution in [0.2, 0.25) is 18.1 Å². The van der Waals surface area contributed by atoms with E-state index in [2.05, 4.69) is 49.0 Å². The van der Waals surface area contributed by atoms with Crippen molar-refractivity contribution in [2.45, 2.75) is 71.1 Å². The zero-order valence-electron chi connectivity index (χ0n) is 25.3. The maximum atomic E-state index is 15.4. The van der Waals surface area contributed by atoms with Crippen molar-refractivity contribution < 1.29 is 27.9 Å². The van der Waals surface area contributed by atoms with Crippen LogP contribution in [0.5, 0.6) is 0 Å². The van der Waals surface area contributed by atoms with Crippen molar-refractivity contribution in [1.82, 2.24) is 9.97 Å². The summed E-state index contributed by atoms with van der Waals surface area (Å²) >= 11 is 0. The fourth-order valence-corrected chi connectivity index (χ4v) is 5.26. The number of hydrogen-bond acceptors (Lipinski definition) is 9. The molecule has 2 aliphatic heterocycles. The van der Waals surface area contributed by atoms with Crippen molar-refractivity contribution in [3.8, 4) is 11.1 Å². The molecule has 0 bridgehead atoms. The number of nitrogens with zero attached hydrogens (tertiary/aromatic N) is 4. The van der Waals surface area contributed by atoms with Crippen LogP contribution >= 0.6 is 0 Å². The highest BCUT2D eigenvalue weighted by molar-refractivity contribution is 6.74. The van der Waals surface area contributed by atoms with Gasteiger partial charge in [0.1, 0.15) is 12.4 Å². The molecule has 3 heterocycles. The van der Waals surface area contributed by atoms with E-state index >= 15 is 4.39 Å². The molecule has 0 amide bonds. The molecule has 2 aromatic rings. The third kappa shape index (κ3) is 8.54. The van der Waals surface area contributed by atoms with E-state index in [-0.39, 0.29) is 29.7 Å². The lowest BCUT2D eigenvalue weighted by molar-refractivity contribution is -0.174. The number of aromatic nitrogens is 2. The highest BCUT2D eigenvalue weighted by Gasteiger charge is 2.37. The van der Waals surface area contributed by atoms with E-state index in [0.29, 0.717) is 55.5 Å². The molecule has 1 aromatic carbocycles. The fraction of sp³-hybridized carbons (Fsp3) is 0.633. The molecule has 0 N–H and O–H groups in total. The Morgan fingerprint density at radius 3 is 2.54 bits per heavy atom. The Morgan fingerprint density at radius 2 is 1.88 bits per heavy atom. The Kier molecular flexibility index (Phi) is 10.9. The number of methoxy groups -OCH3 is 1. The molecule has 11 heteroatoms. The Morgan fingerprint density at radius 1 is 1.12 bits per heavy atom. The molecule has 2 fully saturated rings. The summed E-state index contributed by atoms with van der Waals surface area (Å²) in [6.45, 7) is 14.5. The molecule has 4 rings (SSSR count). The van der Waals surface area contributed by atoms with Gasteiger partial charge in [-0.15, -0.1) is 0 Å². The van der Waals surface area contributed by atoms with E-state index in [9.17, 15) is 0 Å². The Bertz CT molecular complexity index is 1140. The molecule has 226 valence electrons. The Hall–Kier alpha value is -2.44. The van der Waals surface area contributed by atoms with Crippen molar-refractivity contribution in [2.75, 3.05) is 51.5 Å². The first-order valence-corrected chi connectivity index (χ1v) is 17.4. The minimum atomic E-state index is -1.99. The zero-order valence-corrected chi connectivity index (χ0v) is 26.3. The van der Waals surface area contributed by atoms with Crippen LogP contribution in [0.3, 0.4) is 0 Å². The number of hydrogen-bond donors (Lipinski definition) is 0. The standard InChI is InChI=1S/C30H45FN4O5Si/c1-30(2,3)41(5,6)40-21-23-10-9-11-26(28(23)31)24-14-32-29(33-15-24)35-16-25(17-35)34-39-20-22(18-36-4)19-38-27-12-7-8-13-37-27/h9-11,14-15,22,27H,7-8,12-13,16-21H2,1-6H3. The van der Waals surface area contributed by atoms with Gasteiger partial charge in [0.2, 0.25) is 5.95 Å². The Balaban J connectivity index is 1.26. The quantitative estimate of drug-likeness (QED) is 0.214. The van der Waals surface area contributed by atoms with Crippen LogP contribution in [0, 0.1) is 11.7 Å². The van der Waals surface area contributed by atoms with Crippen LogP contribution in [0.25, 0.3) is 11.1 Å². The molecular weight excluding hydrogens is 543 g/mol. The van der Waals surface area contributed by atoms with Crippen molar-refractivity contribution in [3.63, 3.8) is 0 Å². The molecule has 2 aliphatic rings. The summed E-state index contributed by atoms with van der Waals surface area (Å²) in [5.74, 6) is 0.352. The van der Waals surface area contributed by atoms with Crippen molar-refractivity contribution in [3.05, 3.63) is 42.0 Å². The van der Waals surface area contributed by atoms with Gasteiger partial charge < -0.3 is 28.4 Å². The minimum Gasteiger partial charge on any atom is -0.412 e. The SMILES string of the molecule is COCC(CON=C1CN(c2ncc(-c3cccc(CO[Si](C)(C)C(C)(C)C)c3F)cn2)C1)COC1CCCCO1. The molecule has 9 nitrogen and oxygen atoms in total. The van der Waals surface area contributed by atoms with Gasteiger partial charge in [-0.3, -0.25) is 0 Å². The molecule has 2 atom stereocenters. The molecule has 0 spiro atoms. The Labute approximate surface area is 244 Å². The highest BCUT2D eigenvalue weighted by atomic mass is 28.4. The normalized spacial score (nSPS) is 18.7. The number of anilines is 1. The van der Waals surface area contributed by atoms with Crippen molar-refractivity contribution in [2.24, 2.45) is 11.1 Å².